The standard InChI is InChI=1S/C15H30N2O2/c1-11(2)19-9-5-4-8-17-15(18)14-10-13(16)7-6-12(14)3/h11-14H,4-10,16H2,1-3H3,(H,17,18). The highest BCUT2D eigenvalue weighted by atomic mass is 16.5. The van der Waals surface area contributed by atoms with Gasteiger partial charge in [0.25, 0.3) is 0 Å². The van der Waals surface area contributed by atoms with Crippen molar-refractivity contribution in [1.82, 2.24) is 5.32 Å². The van der Waals surface area contributed by atoms with Crippen molar-refractivity contribution in [2.45, 2.75) is 65.0 Å². The molecule has 0 aromatic carbocycles. The molecule has 19 heavy (non-hydrogen) atoms. The molecule has 0 aromatic rings. The quantitative estimate of drug-likeness (QED) is 0.696. The van der Waals surface area contributed by atoms with Crippen LogP contribution >= 0.6 is 0 Å². The molecule has 1 aliphatic rings. The summed E-state index contributed by atoms with van der Waals surface area (Å²) in [7, 11) is 0. The first-order valence-electron chi connectivity index (χ1n) is 7.65. The van der Waals surface area contributed by atoms with Crippen LogP contribution in [-0.2, 0) is 9.53 Å². The van der Waals surface area contributed by atoms with Crippen LogP contribution in [-0.4, -0.2) is 31.2 Å². The van der Waals surface area contributed by atoms with Gasteiger partial charge in [-0.05, 0) is 51.9 Å². The fourth-order valence-electron chi connectivity index (χ4n) is 2.61. The van der Waals surface area contributed by atoms with Gasteiger partial charge in [0.2, 0.25) is 5.91 Å². The Balaban J connectivity index is 2.13. The van der Waals surface area contributed by atoms with Gasteiger partial charge in [-0.15, -0.1) is 0 Å². The van der Waals surface area contributed by atoms with Gasteiger partial charge in [0.15, 0.2) is 0 Å². The topological polar surface area (TPSA) is 64.3 Å². The van der Waals surface area contributed by atoms with Crippen molar-refractivity contribution in [1.29, 1.82) is 0 Å². The van der Waals surface area contributed by atoms with E-state index in [4.69, 9.17) is 10.5 Å². The van der Waals surface area contributed by atoms with E-state index in [0.717, 1.165) is 45.3 Å². The van der Waals surface area contributed by atoms with E-state index in [1.165, 1.54) is 0 Å². The predicted molar refractivity (Wildman–Crippen MR) is 77.8 cm³/mol. The second kappa shape index (κ2) is 8.54. The lowest BCUT2D eigenvalue weighted by Crippen LogP contribution is -2.41. The zero-order chi connectivity index (χ0) is 14.3. The van der Waals surface area contributed by atoms with Crippen molar-refractivity contribution < 1.29 is 9.53 Å². The molecule has 0 spiro atoms. The monoisotopic (exact) mass is 270 g/mol. The van der Waals surface area contributed by atoms with E-state index in [2.05, 4.69) is 12.2 Å². The summed E-state index contributed by atoms with van der Waals surface area (Å²) >= 11 is 0. The van der Waals surface area contributed by atoms with E-state index in [1.54, 1.807) is 0 Å². The Morgan fingerprint density at radius 3 is 2.79 bits per heavy atom. The maximum Gasteiger partial charge on any atom is 0.223 e. The summed E-state index contributed by atoms with van der Waals surface area (Å²) in [5.74, 6) is 0.757. The molecule has 112 valence electrons. The van der Waals surface area contributed by atoms with Crippen LogP contribution in [0.3, 0.4) is 0 Å². The average Bonchev–Trinajstić information content (AvgIpc) is 2.36. The zero-order valence-corrected chi connectivity index (χ0v) is 12.7. The fraction of sp³-hybridized carbons (Fsp3) is 0.933. The summed E-state index contributed by atoms with van der Waals surface area (Å²) in [6.45, 7) is 7.76. The molecule has 1 aliphatic carbocycles. The van der Waals surface area contributed by atoms with Crippen LogP contribution in [0.2, 0.25) is 0 Å². The predicted octanol–water partition coefficient (Wildman–Crippen LogP) is 2.07. The largest absolute Gasteiger partial charge is 0.379 e. The third kappa shape index (κ3) is 6.39. The number of unbranched alkanes of at least 4 members (excludes halogenated alkanes) is 1. The van der Waals surface area contributed by atoms with Crippen LogP contribution in [0, 0.1) is 11.8 Å². The van der Waals surface area contributed by atoms with Crippen LogP contribution in [0.25, 0.3) is 0 Å². The van der Waals surface area contributed by atoms with E-state index >= 15 is 0 Å². The van der Waals surface area contributed by atoms with Crippen molar-refractivity contribution in [3.8, 4) is 0 Å². The zero-order valence-electron chi connectivity index (χ0n) is 12.7. The number of rotatable bonds is 7. The summed E-state index contributed by atoms with van der Waals surface area (Å²) in [5.41, 5.74) is 5.95. The number of carbonyl (C=O) groups excluding carboxylic acids is 1. The van der Waals surface area contributed by atoms with E-state index in [0.29, 0.717) is 12.0 Å². The second-order valence-electron chi connectivity index (χ2n) is 6.07. The van der Waals surface area contributed by atoms with Gasteiger partial charge in [-0.2, -0.15) is 0 Å². The van der Waals surface area contributed by atoms with Crippen molar-refractivity contribution >= 4 is 5.91 Å². The Hall–Kier alpha value is -0.610. The highest BCUT2D eigenvalue weighted by Gasteiger charge is 2.30. The van der Waals surface area contributed by atoms with Crippen molar-refractivity contribution in [3.63, 3.8) is 0 Å². The Kier molecular flexibility index (Phi) is 7.39. The van der Waals surface area contributed by atoms with Crippen LogP contribution in [0.1, 0.15) is 52.9 Å². The Morgan fingerprint density at radius 1 is 1.37 bits per heavy atom. The molecule has 0 aromatic heterocycles. The maximum atomic E-state index is 12.1. The molecule has 1 amide bonds. The lowest BCUT2D eigenvalue weighted by molar-refractivity contribution is -0.127. The molecular weight excluding hydrogens is 240 g/mol. The van der Waals surface area contributed by atoms with Gasteiger partial charge in [0, 0.05) is 25.1 Å². The Bertz CT molecular complexity index is 269. The maximum absolute atomic E-state index is 12.1. The molecule has 0 radical (unpaired) electrons. The lowest BCUT2D eigenvalue weighted by atomic mass is 9.78. The number of ether oxygens (including phenoxy) is 1. The molecular formula is C15H30N2O2. The van der Waals surface area contributed by atoms with Gasteiger partial charge in [-0.1, -0.05) is 6.92 Å². The highest BCUT2D eigenvalue weighted by molar-refractivity contribution is 5.79. The molecule has 4 heteroatoms. The lowest BCUT2D eigenvalue weighted by Gasteiger charge is -2.31. The van der Waals surface area contributed by atoms with Crippen LogP contribution in [0.5, 0.6) is 0 Å². The molecule has 4 nitrogen and oxygen atoms in total. The van der Waals surface area contributed by atoms with Gasteiger partial charge in [0.05, 0.1) is 6.10 Å². The molecule has 0 aliphatic heterocycles. The van der Waals surface area contributed by atoms with Crippen LogP contribution in [0.15, 0.2) is 0 Å². The van der Waals surface area contributed by atoms with E-state index in [-0.39, 0.29) is 17.9 Å². The smallest absolute Gasteiger partial charge is 0.223 e. The average molecular weight is 270 g/mol. The Labute approximate surface area is 117 Å². The molecule has 0 heterocycles. The number of nitrogens with one attached hydrogen (secondary N) is 1. The third-order valence-corrected chi connectivity index (χ3v) is 3.89. The van der Waals surface area contributed by atoms with Crippen molar-refractivity contribution in [2.75, 3.05) is 13.2 Å². The normalized spacial score (nSPS) is 27.5. The molecule has 1 saturated carbocycles. The fourth-order valence-corrected chi connectivity index (χ4v) is 2.61. The number of hydrogen-bond donors (Lipinski definition) is 2. The summed E-state index contributed by atoms with van der Waals surface area (Å²) < 4.78 is 5.47. The summed E-state index contributed by atoms with van der Waals surface area (Å²) in [5, 5.41) is 3.04. The summed E-state index contributed by atoms with van der Waals surface area (Å²) in [4.78, 5) is 12.1. The SMILES string of the molecule is CC(C)OCCCCNC(=O)C1CC(N)CCC1C. The number of nitrogens with two attached hydrogens (primary N) is 1. The van der Waals surface area contributed by atoms with Gasteiger partial charge in [-0.3, -0.25) is 4.79 Å². The van der Waals surface area contributed by atoms with E-state index < -0.39 is 0 Å². The number of carbonyl (C=O) groups is 1. The van der Waals surface area contributed by atoms with Gasteiger partial charge in [0.1, 0.15) is 0 Å². The van der Waals surface area contributed by atoms with Crippen LogP contribution < -0.4 is 11.1 Å². The minimum absolute atomic E-state index is 0.107. The van der Waals surface area contributed by atoms with Crippen molar-refractivity contribution in [3.05, 3.63) is 0 Å². The third-order valence-electron chi connectivity index (χ3n) is 3.89. The van der Waals surface area contributed by atoms with Gasteiger partial charge >= 0.3 is 0 Å². The van der Waals surface area contributed by atoms with Crippen LogP contribution in [0.4, 0.5) is 0 Å². The summed E-state index contributed by atoms with van der Waals surface area (Å²) in [6, 6.07) is 0.200. The molecule has 1 fully saturated rings. The molecule has 0 saturated heterocycles. The minimum Gasteiger partial charge on any atom is -0.379 e. The van der Waals surface area contributed by atoms with Crippen molar-refractivity contribution in [2.24, 2.45) is 17.6 Å². The first-order chi connectivity index (χ1) is 9.00. The first-order valence-corrected chi connectivity index (χ1v) is 7.65. The van der Waals surface area contributed by atoms with E-state index in [1.807, 2.05) is 13.8 Å². The number of amides is 1. The highest BCUT2D eigenvalue weighted by Crippen LogP contribution is 2.29. The van der Waals surface area contributed by atoms with E-state index in [9.17, 15) is 4.79 Å². The molecule has 1 rings (SSSR count). The van der Waals surface area contributed by atoms with Gasteiger partial charge in [-0.25, -0.2) is 0 Å². The molecule has 0 bridgehead atoms. The first kappa shape index (κ1) is 16.4. The second-order valence-corrected chi connectivity index (χ2v) is 6.07. The minimum atomic E-state index is 0.107. The van der Waals surface area contributed by atoms with Gasteiger partial charge < -0.3 is 15.8 Å². The molecule has 3 atom stereocenters. The number of hydrogen-bond acceptors (Lipinski definition) is 3. The Morgan fingerprint density at radius 2 is 2.11 bits per heavy atom. The molecule has 3 N–H and O–H groups in total. The molecule has 3 unspecified atom stereocenters. The summed E-state index contributed by atoms with van der Waals surface area (Å²) in [6.07, 6.45) is 5.23.